The molecule has 2 heteroatoms. The second-order valence-corrected chi connectivity index (χ2v) is 6.46. The molecule has 0 aromatic heterocycles. The fraction of sp³-hybridized carbons (Fsp3) is 0.333. The Morgan fingerprint density at radius 1 is 1.15 bits per heavy atom. The number of aryl methyl sites for hydroxylation is 1. The molecule has 0 saturated carbocycles. The van der Waals surface area contributed by atoms with Crippen LogP contribution in [0.5, 0.6) is 0 Å². The van der Waals surface area contributed by atoms with E-state index in [4.69, 9.17) is 5.73 Å². The number of fused-ring (bicyclic) bond motifs is 1. The predicted octanol–water partition coefficient (Wildman–Crippen LogP) is 4.41. The van der Waals surface area contributed by atoms with Crippen molar-refractivity contribution in [1.82, 2.24) is 0 Å². The molecule has 0 radical (unpaired) electrons. The van der Waals surface area contributed by atoms with Gasteiger partial charge in [0.2, 0.25) is 0 Å². The lowest BCUT2D eigenvalue weighted by molar-refractivity contribution is 0.427. The number of hydrogen-bond donors (Lipinski definition) is 2. The maximum absolute atomic E-state index is 6.14. The highest BCUT2D eigenvalue weighted by Crippen LogP contribution is 2.45. The van der Waals surface area contributed by atoms with E-state index in [1.54, 1.807) is 0 Å². The Morgan fingerprint density at radius 2 is 1.90 bits per heavy atom. The van der Waals surface area contributed by atoms with Crippen molar-refractivity contribution < 1.29 is 0 Å². The number of nitrogens with two attached hydrogens (primary N) is 1. The second kappa shape index (κ2) is 4.55. The standard InChI is InChI=1S/C18H22N2/c1-12-8-9-16-14(10-12)18(2,3)11-17(20-16)13-6-4-5-7-15(13)19/h4-10,17,20H,11,19H2,1-3H3. The fourth-order valence-electron chi connectivity index (χ4n) is 3.22. The van der Waals surface area contributed by atoms with E-state index >= 15 is 0 Å². The number of para-hydroxylation sites is 1. The summed E-state index contributed by atoms with van der Waals surface area (Å²) in [6.45, 7) is 6.79. The number of nitrogens with one attached hydrogen (secondary N) is 1. The van der Waals surface area contributed by atoms with Gasteiger partial charge in [0.15, 0.2) is 0 Å². The summed E-state index contributed by atoms with van der Waals surface area (Å²) in [5.74, 6) is 0. The normalized spacial score (nSPS) is 20.1. The Bertz CT molecular complexity index is 644. The summed E-state index contributed by atoms with van der Waals surface area (Å²) in [6, 6.07) is 15.1. The van der Waals surface area contributed by atoms with Gasteiger partial charge >= 0.3 is 0 Å². The molecule has 3 rings (SSSR count). The molecule has 3 N–H and O–H groups in total. The van der Waals surface area contributed by atoms with Crippen LogP contribution in [0.25, 0.3) is 0 Å². The van der Waals surface area contributed by atoms with E-state index in [0.717, 1.165) is 12.1 Å². The van der Waals surface area contributed by atoms with Gasteiger partial charge in [-0.1, -0.05) is 49.7 Å². The Labute approximate surface area is 121 Å². The van der Waals surface area contributed by atoms with Crippen molar-refractivity contribution in [1.29, 1.82) is 0 Å². The molecular weight excluding hydrogens is 244 g/mol. The van der Waals surface area contributed by atoms with E-state index in [1.165, 1.54) is 22.4 Å². The van der Waals surface area contributed by atoms with Crippen LogP contribution in [0.15, 0.2) is 42.5 Å². The number of hydrogen-bond acceptors (Lipinski definition) is 2. The first-order valence-electron chi connectivity index (χ1n) is 7.19. The van der Waals surface area contributed by atoms with Crippen LogP contribution in [0, 0.1) is 6.92 Å². The lowest BCUT2D eigenvalue weighted by atomic mass is 9.73. The summed E-state index contributed by atoms with van der Waals surface area (Å²) in [5.41, 5.74) is 12.3. The first kappa shape index (κ1) is 13.0. The Balaban J connectivity index is 2.04. The highest BCUT2D eigenvalue weighted by atomic mass is 14.9. The maximum atomic E-state index is 6.14. The molecule has 1 aliphatic rings. The molecule has 0 fully saturated rings. The molecule has 1 aliphatic heterocycles. The van der Waals surface area contributed by atoms with E-state index in [9.17, 15) is 0 Å². The highest BCUT2D eigenvalue weighted by Gasteiger charge is 2.33. The summed E-state index contributed by atoms with van der Waals surface area (Å²) in [5, 5.41) is 3.66. The number of nitrogen functional groups attached to an aromatic ring is 1. The summed E-state index contributed by atoms with van der Waals surface area (Å²) in [6.07, 6.45) is 1.05. The molecule has 2 aromatic rings. The third-order valence-electron chi connectivity index (χ3n) is 4.32. The average Bonchev–Trinajstić information content (AvgIpc) is 2.39. The number of benzene rings is 2. The quantitative estimate of drug-likeness (QED) is 0.750. The fourth-order valence-corrected chi connectivity index (χ4v) is 3.22. The van der Waals surface area contributed by atoms with Gasteiger partial charge in [0.1, 0.15) is 0 Å². The van der Waals surface area contributed by atoms with Crippen molar-refractivity contribution in [3.63, 3.8) is 0 Å². The molecule has 2 nitrogen and oxygen atoms in total. The second-order valence-electron chi connectivity index (χ2n) is 6.46. The number of rotatable bonds is 1. The van der Waals surface area contributed by atoms with Crippen molar-refractivity contribution >= 4 is 11.4 Å². The van der Waals surface area contributed by atoms with Crippen molar-refractivity contribution in [2.24, 2.45) is 0 Å². The Morgan fingerprint density at radius 3 is 2.65 bits per heavy atom. The van der Waals surface area contributed by atoms with E-state index < -0.39 is 0 Å². The van der Waals surface area contributed by atoms with Gasteiger partial charge in [-0.3, -0.25) is 0 Å². The van der Waals surface area contributed by atoms with Crippen LogP contribution in [0.2, 0.25) is 0 Å². The van der Waals surface area contributed by atoms with Crippen molar-refractivity contribution in [2.75, 3.05) is 11.1 Å². The monoisotopic (exact) mass is 266 g/mol. The molecule has 0 aliphatic carbocycles. The van der Waals surface area contributed by atoms with Gasteiger partial charge in [-0.25, -0.2) is 0 Å². The Hall–Kier alpha value is -1.96. The summed E-state index contributed by atoms with van der Waals surface area (Å²) >= 11 is 0. The molecule has 1 atom stereocenters. The summed E-state index contributed by atoms with van der Waals surface area (Å²) in [7, 11) is 0. The van der Waals surface area contributed by atoms with Crippen molar-refractivity contribution in [3.05, 3.63) is 59.2 Å². The molecule has 0 spiro atoms. The molecule has 0 bridgehead atoms. The minimum absolute atomic E-state index is 0.152. The minimum atomic E-state index is 0.152. The van der Waals surface area contributed by atoms with Crippen LogP contribution in [-0.2, 0) is 5.41 Å². The molecule has 2 aromatic carbocycles. The molecular formula is C18H22N2. The lowest BCUT2D eigenvalue weighted by Gasteiger charge is -2.39. The zero-order valence-electron chi connectivity index (χ0n) is 12.4. The summed E-state index contributed by atoms with van der Waals surface area (Å²) in [4.78, 5) is 0. The van der Waals surface area contributed by atoms with Crippen LogP contribution in [-0.4, -0.2) is 0 Å². The van der Waals surface area contributed by atoms with Gasteiger partial charge in [-0.05, 0) is 42.0 Å². The van der Waals surface area contributed by atoms with Crippen LogP contribution in [0.3, 0.4) is 0 Å². The molecule has 20 heavy (non-hydrogen) atoms. The molecule has 0 saturated heterocycles. The third-order valence-corrected chi connectivity index (χ3v) is 4.32. The molecule has 1 heterocycles. The Kier molecular flexibility index (Phi) is 2.97. The van der Waals surface area contributed by atoms with Gasteiger partial charge in [0.05, 0.1) is 6.04 Å². The van der Waals surface area contributed by atoms with Crippen LogP contribution in [0.4, 0.5) is 11.4 Å². The smallest absolute Gasteiger partial charge is 0.0542 e. The van der Waals surface area contributed by atoms with E-state index in [1.807, 2.05) is 12.1 Å². The zero-order valence-corrected chi connectivity index (χ0v) is 12.4. The van der Waals surface area contributed by atoms with Gasteiger partial charge in [0, 0.05) is 11.4 Å². The SMILES string of the molecule is Cc1ccc2c(c1)C(C)(C)CC(c1ccccc1N)N2. The van der Waals surface area contributed by atoms with E-state index in [2.05, 4.69) is 56.4 Å². The van der Waals surface area contributed by atoms with Gasteiger partial charge in [-0.15, -0.1) is 0 Å². The van der Waals surface area contributed by atoms with Gasteiger partial charge in [0.25, 0.3) is 0 Å². The molecule has 104 valence electrons. The van der Waals surface area contributed by atoms with Crippen LogP contribution >= 0.6 is 0 Å². The van der Waals surface area contributed by atoms with Crippen LogP contribution < -0.4 is 11.1 Å². The van der Waals surface area contributed by atoms with Gasteiger partial charge < -0.3 is 11.1 Å². The van der Waals surface area contributed by atoms with Crippen LogP contribution in [0.1, 0.15) is 43.0 Å². The third kappa shape index (κ3) is 2.15. The summed E-state index contributed by atoms with van der Waals surface area (Å²) < 4.78 is 0. The van der Waals surface area contributed by atoms with E-state index in [0.29, 0.717) is 0 Å². The first-order chi connectivity index (χ1) is 9.47. The van der Waals surface area contributed by atoms with Crippen molar-refractivity contribution in [3.8, 4) is 0 Å². The maximum Gasteiger partial charge on any atom is 0.0542 e. The van der Waals surface area contributed by atoms with E-state index in [-0.39, 0.29) is 11.5 Å². The molecule has 0 amide bonds. The largest absolute Gasteiger partial charge is 0.398 e. The number of anilines is 2. The highest BCUT2D eigenvalue weighted by molar-refractivity contribution is 5.61. The molecule has 1 unspecified atom stereocenters. The predicted molar refractivity (Wildman–Crippen MR) is 86.0 cm³/mol. The minimum Gasteiger partial charge on any atom is -0.398 e. The van der Waals surface area contributed by atoms with Crippen molar-refractivity contribution in [2.45, 2.75) is 38.6 Å². The average molecular weight is 266 g/mol. The lowest BCUT2D eigenvalue weighted by Crippen LogP contribution is -2.31. The van der Waals surface area contributed by atoms with Gasteiger partial charge in [-0.2, -0.15) is 0 Å². The first-order valence-corrected chi connectivity index (χ1v) is 7.19. The topological polar surface area (TPSA) is 38.0 Å². The zero-order chi connectivity index (χ0) is 14.3.